The second-order valence-electron chi connectivity index (χ2n) is 0. The Labute approximate surface area is 59.6 Å². The Morgan fingerprint density at radius 3 is 0.444 bits per heavy atom. The van der Waals surface area contributed by atoms with Gasteiger partial charge in [-0.3, -0.25) is 0 Å². The minimum atomic E-state index is 0. The highest BCUT2D eigenvalue weighted by Gasteiger charge is 0.842. The van der Waals surface area contributed by atoms with Crippen molar-refractivity contribution < 1.29 is 0 Å². The maximum atomic E-state index is 4.50. The largest absolute Gasteiger partial charge is 0.333 e. The third kappa shape index (κ3) is 10400. The molecule has 0 aliphatic heterocycles. The molecule has 0 spiro atoms. The van der Waals surface area contributed by atoms with E-state index in [1.807, 2.05) is 0 Å². The molecule has 0 aliphatic carbocycles. The predicted molar refractivity (Wildman–Crippen MR) is 47.2 cm³/mol. The van der Waals surface area contributed by atoms with Crippen molar-refractivity contribution in [2.75, 3.05) is 28.2 Å². The summed E-state index contributed by atoms with van der Waals surface area (Å²) in [6.07, 6.45) is 0. The fourth-order valence-corrected chi connectivity index (χ4v) is 0. The van der Waals surface area contributed by atoms with E-state index in [-0.39, 0.29) is 7.43 Å². The van der Waals surface area contributed by atoms with E-state index in [1.54, 1.807) is 0 Å². The van der Waals surface area contributed by atoms with Crippen LogP contribution in [0.2, 0.25) is 0 Å². The van der Waals surface area contributed by atoms with Gasteiger partial charge in [-0.15, -0.1) is 0 Å². The van der Waals surface area contributed by atoms with Crippen LogP contribution >= 0.6 is 0 Å². The molecule has 0 aromatic heterocycles. The molecule has 0 amide bonds. The first-order chi connectivity index (χ1) is 4.00. The quantitative estimate of drug-likeness (QED) is 0.344. The fourth-order valence-electron chi connectivity index (χ4n) is 0. The summed E-state index contributed by atoms with van der Waals surface area (Å²) in [5.74, 6) is 0. The van der Waals surface area contributed by atoms with E-state index >= 15 is 0 Å². The lowest BCUT2D eigenvalue weighted by Gasteiger charge is -1.19. The highest BCUT2D eigenvalue weighted by atomic mass is 14.4. The molecule has 0 aliphatic rings. The minimum absolute atomic E-state index is 0. The molecule has 4 nitrogen and oxygen atoms in total. The average Bonchev–Trinajstić information content (AvgIpc) is 2.03. The van der Waals surface area contributed by atoms with Crippen LogP contribution in [0.1, 0.15) is 7.43 Å². The molecule has 0 aromatic rings. The van der Waals surface area contributed by atoms with Gasteiger partial charge in [-0.25, -0.2) is 0 Å². The number of nitrogens with two attached hydrogens (primary N) is 4. The first kappa shape index (κ1) is 36.8. The Hall–Kier alpha value is -0.160. The van der Waals surface area contributed by atoms with Crippen LogP contribution in [0.4, 0.5) is 0 Å². The second-order valence-corrected chi connectivity index (χ2v) is 0. The van der Waals surface area contributed by atoms with Crippen molar-refractivity contribution in [1.29, 1.82) is 0 Å². The molecule has 0 heterocycles. The highest BCUT2D eigenvalue weighted by molar-refractivity contribution is 3.54. The van der Waals surface area contributed by atoms with E-state index in [2.05, 4.69) is 22.9 Å². The van der Waals surface area contributed by atoms with Crippen molar-refractivity contribution in [3.63, 3.8) is 0 Å². The van der Waals surface area contributed by atoms with Gasteiger partial charge in [0.05, 0.1) is 0 Å². The molecular formula is C5H24N4. The van der Waals surface area contributed by atoms with Gasteiger partial charge in [0.25, 0.3) is 0 Å². The molecule has 64 valence electrons. The van der Waals surface area contributed by atoms with Crippen molar-refractivity contribution in [3.05, 3.63) is 0 Å². The summed E-state index contributed by atoms with van der Waals surface area (Å²) in [6, 6.07) is 0. The summed E-state index contributed by atoms with van der Waals surface area (Å²) in [6.45, 7) is 0. The summed E-state index contributed by atoms with van der Waals surface area (Å²) in [5, 5.41) is 0. The van der Waals surface area contributed by atoms with Gasteiger partial charge in [-0.05, 0) is 28.2 Å². The first-order valence-electron chi connectivity index (χ1n) is 2.31. The Morgan fingerprint density at radius 1 is 0.444 bits per heavy atom. The van der Waals surface area contributed by atoms with Gasteiger partial charge in [-0.1, -0.05) is 7.43 Å². The topological polar surface area (TPSA) is 104 Å². The van der Waals surface area contributed by atoms with E-state index in [0.29, 0.717) is 0 Å². The van der Waals surface area contributed by atoms with Crippen LogP contribution in [0.5, 0.6) is 0 Å². The summed E-state index contributed by atoms with van der Waals surface area (Å²) in [7, 11) is 6.00. The maximum Gasteiger partial charge on any atom is -0.0195 e. The number of hydrogen-bond acceptors (Lipinski definition) is 4. The molecule has 0 saturated heterocycles. The van der Waals surface area contributed by atoms with Gasteiger partial charge in [0, 0.05) is 0 Å². The molecule has 4 heteroatoms. The Balaban J connectivity index is -0.00000000762. The van der Waals surface area contributed by atoms with Crippen LogP contribution in [-0.4, -0.2) is 28.2 Å². The van der Waals surface area contributed by atoms with Crippen molar-refractivity contribution >= 4 is 0 Å². The SMILES string of the molecule is C.CN.CN.CN.CN. The third-order valence-electron chi connectivity index (χ3n) is 0. The van der Waals surface area contributed by atoms with Crippen LogP contribution < -0.4 is 22.9 Å². The lowest BCUT2D eigenvalue weighted by molar-refractivity contribution is 1.48. The van der Waals surface area contributed by atoms with Gasteiger partial charge in [-0.2, -0.15) is 0 Å². The summed E-state index contributed by atoms with van der Waals surface area (Å²) < 4.78 is 0. The molecular weight excluding hydrogens is 116 g/mol. The average molecular weight is 140 g/mol. The smallest absolute Gasteiger partial charge is 0.0195 e. The van der Waals surface area contributed by atoms with Gasteiger partial charge in [0.1, 0.15) is 0 Å². The fraction of sp³-hybridized carbons (Fsp3) is 1.00. The molecule has 0 rings (SSSR count). The molecule has 8 N–H and O–H groups in total. The lowest BCUT2D eigenvalue weighted by atomic mass is 11.6. The molecule has 0 bridgehead atoms. The van der Waals surface area contributed by atoms with Gasteiger partial charge < -0.3 is 22.9 Å². The standard InChI is InChI=1S/4CH5N.CH4/c4*1-2;/h4*2H2,1H3;1H4. The Morgan fingerprint density at radius 2 is 0.444 bits per heavy atom. The van der Waals surface area contributed by atoms with E-state index in [1.165, 1.54) is 28.2 Å². The van der Waals surface area contributed by atoms with Crippen molar-refractivity contribution in [2.24, 2.45) is 22.9 Å². The second kappa shape index (κ2) is 14300. The Kier molecular flexibility index (Phi) is 58700. The zero-order chi connectivity index (χ0) is 8.00. The predicted octanol–water partition coefficient (Wildman–Crippen LogP) is -1.06. The number of hydrogen-bond donors (Lipinski definition) is 4. The Bertz CT molecular complexity index is 8.92. The van der Waals surface area contributed by atoms with E-state index < -0.39 is 0 Å². The van der Waals surface area contributed by atoms with Crippen molar-refractivity contribution in [1.82, 2.24) is 0 Å². The minimum Gasteiger partial charge on any atom is -0.333 e. The zero-order valence-corrected chi connectivity index (χ0v) is 6.31. The van der Waals surface area contributed by atoms with Gasteiger partial charge in [0.15, 0.2) is 0 Å². The molecule has 9 heavy (non-hydrogen) atoms. The van der Waals surface area contributed by atoms with Gasteiger partial charge in [0.2, 0.25) is 0 Å². The molecule has 0 aromatic carbocycles. The molecule has 0 atom stereocenters. The normalized spacial score (nSPS) is 2.67. The molecule has 0 radical (unpaired) electrons. The molecule has 0 fully saturated rings. The van der Waals surface area contributed by atoms with Crippen molar-refractivity contribution in [3.8, 4) is 0 Å². The maximum absolute atomic E-state index is 4.50. The summed E-state index contributed by atoms with van der Waals surface area (Å²) in [5.41, 5.74) is 18.0. The van der Waals surface area contributed by atoms with Crippen LogP contribution in [0, 0.1) is 0 Å². The van der Waals surface area contributed by atoms with Crippen molar-refractivity contribution in [2.45, 2.75) is 7.43 Å². The highest BCUT2D eigenvalue weighted by Crippen LogP contribution is 0.474. The van der Waals surface area contributed by atoms with Crippen LogP contribution in [0.15, 0.2) is 0 Å². The van der Waals surface area contributed by atoms with Crippen LogP contribution in [-0.2, 0) is 0 Å². The summed E-state index contributed by atoms with van der Waals surface area (Å²) >= 11 is 0. The van der Waals surface area contributed by atoms with E-state index in [0.717, 1.165) is 0 Å². The van der Waals surface area contributed by atoms with E-state index in [4.69, 9.17) is 0 Å². The van der Waals surface area contributed by atoms with E-state index in [9.17, 15) is 0 Å². The zero-order valence-electron chi connectivity index (χ0n) is 6.31. The third-order valence-corrected chi connectivity index (χ3v) is 0. The van der Waals surface area contributed by atoms with Crippen LogP contribution in [0.3, 0.4) is 0 Å². The molecule has 0 saturated carbocycles. The first-order valence-corrected chi connectivity index (χ1v) is 2.31. The summed E-state index contributed by atoms with van der Waals surface area (Å²) in [4.78, 5) is 0. The molecule has 0 unspecified atom stereocenters. The van der Waals surface area contributed by atoms with Crippen LogP contribution in [0.25, 0.3) is 0 Å². The number of rotatable bonds is 0. The monoisotopic (exact) mass is 140 g/mol. The lowest BCUT2D eigenvalue weighted by Crippen LogP contribution is -1.69. The van der Waals surface area contributed by atoms with Gasteiger partial charge >= 0.3 is 0 Å².